The average molecular weight is 335 g/mol. The van der Waals surface area contributed by atoms with Gasteiger partial charge in [-0.3, -0.25) is 9.69 Å². The Kier molecular flexibility index (Phi) is 4.79. The molecule has 2 aromatic carbocycles. The summed E-state index contributed by atoms with van der Waals surface area (Å²) in [6.07, 6.45) is 0. The van der Waals surface area contributed by atoms with E-state index in [4.69, 9.17) is 16.3 Å². The molecule has 0 bridgehead atoms. The van der Waals surface area contributed by atoms with Crippen LogP contribution in [0, 0.1) is 5.82 Å². The van der Waals surface area contributed by atoms with E-state index in [2.05, 4.69) is 5.32 Å². The van der Waals surface area contributed by atoms with Crippen LogP contribution < -0.4 is 10.1 Å². The number of benzene rings is 2. The molecule has 120 valence electrons. The Morgan fingerprint density at radius 2 is 2.13 bits per heavy atom. The zero-order chi connectivity index (χ0) is 16.2. The van der Waals surface area contributed by atoms with E-state index in [1.165, 1.54) is 18.2 Å². The first kappa shape index (κ1) is 15.8. The fourth-order valence-electron chi connectivity index (χ4n) is 2.49. The summed E-state index contributed by atoms with van der Waals surface area (Å²) in [4.78, 5) is 14.2. The second kappa shape index (κ2) is 6.98. The molecule has 1 heterocycles. The number of nitrogens with zero attached hydrogens (tertiary/aromatic N) is 1. The number of fused-ring (bicyclic) bond motifs is 1. The summed E-state index contributed by atoms with van der Waals surface area (Å²) in [5.74, 6) is 0.179. The Labute approximate surface area is 138 Å². The molecule has 23 heavy (non-hydrogen) atoms. The normalized spacial score (nSPS) is 14.5. The zero-order valence-electron chi connectivity index (χ0n) is 12.4. The van der Waals surface area contributed by atoms with Gasteiger partial charge in [-0.1, -0.05) is 29.8 Å². The molecule has 0 saturated carbocycles. The van der Waals surface area contributed by atoms with Gasteiger partial charge >= 0.3 is 0 Å². The molecule has 0 spiro atoms. The van der Waals surface area contributed by atoms with Crippen LogP contribution in [0.5, 0.6) is 5.75 Å². The molecule has 3 rings (SSSR count). The maximum absolute atomic E-state index is 13.1. The number of hydrogen-bond donors (Lipinski definition) is 1. The third kappa shape index (κ3) is 4.00. The standard InChI is InChI=1S/C17H16ClFN2O2/c18-14-9-13(5-6-15(14)19)20-17(22)11-21-7-8-23-16-4-2-1-3-12(16)10-21/h1-6,9H,7-8,10-11H2,(H,20,22). The first-order valence-corrected chi connectivity index (χ1v) is 7.67. The van der Waals surface area contributed by atoms with Crippen molar-refractivity contribution in [1.82, 2.24) is 4.90 Å². The number of nitrogens with one attached hydrogen (secondary N) is 1. The first-order valence-electron chi connectivity index (χ1n) is 7.30. The topological polar surface area (TPSA) is 41.6 Å². The lowest BCUT2D eigenvalue weighted by molar-refractivity contribution is -0.117. The summed E-state index contributed by atoms with van der Waals surface area (Å²) in [6, 6.07) is 11.9. The van der Waals surface area contributed by atoms with Gasteiger partial charge in [-0.15, -0.1) is 0 Å². The van der Waals surface area contributed by atoms with Crippen molar-refractivity contribution >= 4 is 23.2 Å². The van der Waals surface area contributed by atoms with Crippen LogP contribution >= 0.6 is 11.6 Å². The van der Waals surface area contributed by atoms with Crippen LogP contribution in [0.4, 0.5) is 10.1 Å². The van der Waals surface area contributed by atoms with Crippen LogP contribution in [0.1, 0.15) is 5.56 Å². The number of anilines is 1. The van der Waals surface area contributed by atoms with Crippen molar-refractivity contribution < 1.29 is 13.9 Å². The Morgan fingerprint density at radius 3 is 2.96 bits per heavy atom. The van der Waals surface area contributed by atoms with Gasteiger partial charge in [0.25, 0.3) is 0 Å². The Morgan fingerprint density at radius 1 is 1.30 bits per heavy atom. The number of rotatable bonds is 3. The van der Waals surface area contributed by atoms with E-state index in [-0.39, 0.29) is 17.5 Å². The van der Waals surface area contributed by atoms with Crippen LogP contribution in [0.3, 0.4) is 0 Å². The van der Waals surface area contributed by atoms with Gasteiger partial charge in [0.2, 0.25) is 5.91 Å². The van der Waals surface area contributed by atoms with Crippen LogP contribution in [0.2, 0.25) is 5.02 Å². The molecule has 1 amide bonds. The molecule has 1 aliphatic rings. The molecule has 4 nitrogen and oxygen atoms in total. The molecule has 0 aliphatic carbocycles. The monoisotopic (exact) mass is 334 g/mol. The van der Waals surface area contributed by atoms with Gasteiger partial charge in [0.1, 0.15) is 18.2 Å². The zero-order valence-corrected chi connectivity index (χ0v) is 13.1. The molecule has 0 fully saturated rings. The lowest BCUT2D eigenvalue weighted by atomic mass is 10.2. The number of carbonyl (C=O) groups excluding carboxylic acids is 1. The molecule has 2 aromatic rings. The summed E-state index contributed by atoms with van der Waals surface area (Å²) < 4.78 is 18.8. The number of halogens is 2. The van der Waals surface area contributed by atoms with Crippen molar-refractivity contribution in [1.29, 1.82) is 0 Å². The summed E-state index contributed by atoms with van der Waals surface area (Å²) in [7, 11) is 0. The predicted molar refractivity (Wildman–Crippen MR) is 87.3 cm³/mol. The largest absolute Gasteiger partial charge is 0.492 e. The minimum atomic E-state index is -0.508. The third-order valence-corrected chi connectivity index (χ3v) is 3.89. The Hall–Kier alpha value is -2.11. The van der Waals surface area contributed by atoms with Crippen molar-refractivity contribution in [2.75, 3.05) is 25.0 Å². The van der Waals surface area contributed by atoms with Crippen molar-refractivity contribution in [2.24, 2.45) is 0 Å². The van der Waals surface area contributed by atoms with Crippen LogP contribution in [-0.4, -0.2) is 30.5 Å². The molecule has 0 radical (unpaired) electrons. The highest BCUT2D eigenvalue weighted by atomic mass is 35.5. The summed E-state index contributed by atoms with van der Waals surface area (Å²) in [5.41, 5.74) is 1.54. The van der Waals surface area contributed by atoms with E-state index in [1.54, 1.807) is 0 Å². The smallest absolute Gasteiger partial charge is 0.238 e. The molecule has 0 unspecified atom stereocenters. The van der Waals surface area contributed by atoms with Crippen molar-refractivity contribution in [3.05, 3.63) is 58.9 Å². The molecule has 0 saturated heterocycles. The SMILES string of the molecule is O=C(CN1CCOc2ccccc2C1)Nc1ccc(F)c(Cl)c1. The highest BCUT2D eigenvalue weighted by molar-refractivity contribution is 6.31. The second-order valence-electron chi connectivity index (χ2n) is 5.34. The summed E-state index contributed by atoms with van der Waals surface area (Å²) in [5, 5.41) is 2.72. The fourth-order valence-corrected chi connectivity index (χ4v) is 2.67. The number of amides is 1. The van der Waals surface area contributed by atoms with Gasteiger partial charge in [0, 0.05) is 24.3 Å². The quantitative estimate of drug-likeness (QED) is 0.936. The van der Waals surface area contributed by atoms with Crippen molar-refractivity contribution in [3.63, 3.8) is 0 Å². The van der Waals surface area contributed by atoms with Crippen molar-refractivity contribution in [2.45, 2.75) is 6.54 Å². The third-order valence-electron chi connectivity index (χ3n) is 3.60. The van der Waals surface area contributed by atoms with E-state index < -0.39 is 5.82 Å². The minimum absolute atomic E-state index is 0.0140. The second-order valence-corrected chi connectivity index (χ2v) is 5.75. The summed E-state index contributed by atoms with van der Waals surface area (Å²) >= 11 is 5.71. The van der Waals surface area contributed by atoms with Gasteiger partial charge < -0.3 is 10.1 Å². The highest BCUT2D eigenvalue weighted by Gasteiger charge is 2.17. The molecule has 0 aromatic heterocycles. The van der Waals surface area contributed by atoms with E-state index >= 15 is 0 Å². The molecular formula is C17H16ClFN2O2. The lowest BCUT2D eigenvalue weighted by Crippen LogP contribution is -2.34. The first-order chi connectivity index (χ1) is 11.1. The Balaban J connectivity index is 1.62. The fraction of sp³-hybridized carbons (Fsp3) is 0.235. The van der Waals surface area contributed by atoms with Crippen LogP contribution in [0.15, 0.2) is 42.5 Å². The van der Waals surface area contributed by atoms with Crippen molar-refractivity contribution in [3.8, 4) is 5.75 Å². The molecule has 6 heteroatoms. The van der Waals surface area contributed by atoms with E-state index in [0.29, 0.717) is 25.4 Å². The number of para-hydroxylation sites is 1. The Bertz CT molecular complexity index is 723. The van der Waals surface area contributed by atoms with Gasteiger partial charge in [0.15, 0.2) is 0 Å². The molecule has 0 atom stereocenters. The maximum Gasteiger partial charge on any atom is 0.238 e. The van der Waals surface area contributed by atoms with Gasteiger partial charge in [-0.25, -0.2) is 4.39 Å². The lowest BCUT2D eigenvalue weighted by Gasteiger charge is -2.18. The van der Waals surface area contributed by atoms with E-state index in [9.17, 15) is 9.18 Å². The van der Waals surface area contributed by atoms with Crippen LogP contribution in [-0.2, 0) is 11.3 Å². The number of ether oxygens (including phenoxy) is 1. The molecule has 1 aliphatic heterocycles. The molecule has 1 N–H and O–H groups in total. The van der Waals surface area contributed by atoms with Gasteiger partial charge in [0.05, 0.1) is 11.6 Å². The predicted octanol–water partition coefficient (Wildman–Crippen LogP) is 3.31. The molecular weight excluding hydrogens is 319 g/mol. The number of hydrogen-bond acceptors (Lipinski definition) is 3. The van der Waals surface area contributed by atoms with E-state index in [0.717, 1.165) is 11.3 Å². The van der Waals surface area contributed by atoms with Gasteiger partial charge in [-0.2, -0.15) is 0 Å². The minimum Gasteiger partial charge on any atom is -0.492 e. The average Bonchev–Trinajstić information content (AvgIpc) is 2.72. The van der Waals surface area contributed by atoms with Crippen LogP contribution in [0.25, 0.3) is 0 Å². The summed E-state index contributed by atoms with van der Waals surface area (Å²) in [6.45, 7) is 2.07. The van der Waals surface area contributed by atoms with E-state index in [1.807, 2.05) is 29.2 Å². The highest BCUT2D eigenvalue weighted by Crippen LogP contribution is 2.22. The maximum atomic E-state index is 13.1. The van der Waals surface area contributed by atoms with Gasteiger partial charge in [-0.05, 0) is 24.3 Å². The number of carbonyl (C=O) groups is 1.